The summed E-state index contributed by atoms with van der Waals surface area (Å²) in [5.74, 6) is 0.884. The van der Waals surface area contributed by atoms with E-state index in [9.17, 15) is 0 Å². The van der Waals surface area contributed by atoms with Crippen LogP contribution in [0.2, 0.25) is 0 Å². The van der Waals surface area contributed by atoms with E-state index in [0.717, 1.165) is 5.92 Å². The highest BCUT2D eigenvalue weighted by molar-refractivity contribution is 7.16. The second-order valence-corrected chi connectivity index (χ2v) is 1.96. The molecule has 0 aromatic rings. The van der Waals surface area contributed by atoms with Gasteiger partial charge in [-0.2, -0.15) is 0 Å². The van der Waals surface area contributed by atoms with Crippen LogP contribution in [0, 0.1) is 5.92 Å². The van der Waals surface area contributed by atoms with Gasteiger partial charge >= 0.3 is 0 Å². The van der Waals surface area contributed by atoms with E-state index >= 15 is 0 Å². The Balaban J connectivity index is 0.000000145. The van der Waals surface area contributed by atoms with Crippen molar-refractivity contribution in [1.29, 1.82) is 0 Å². The minimum Gasteiger partial charge on any atom is -0.348 e. The highest BCUT2D eigenvalue weighted by Gasteiger charge is 1.98. The standard InChI is InChI=1S/C5H8.H3O2P/c1-5-3-2-4-5;1-3-2/h2-3,5H,4H2,1H3;3H2,(H,1,2). The molecule has 0 spiro atoms. The average Bonchev–Trinajstić information content (AvgIpc) is 1.64. The number of hydrogen-bond acceptors (Lipinski definition) is 1. The summed E-state index contributed by atoms with van der Waals surface area (Å²) in [4.78, 5) is 7.10. The van der Waals surface area contributed by atoms with Crippen molar-refractivity contribution in [3.63, 3.8) is 0 Å². The van der Waals surface area contributed by atoms with Crippen LogP contribution < -0.4 is 0 Å². The molecule has 3 heteroatoms. The first kappa shape index (κ1) is 7.93. The van der Waals surface area contributed by atoms with E-state index in [1.165, 1.54) is 6.42 Å². The quantitative estimate of drug-likeness (QED) is 0.399. The smallest absolute Gasteiger partial charge is 0.177 e. The maximum Gasteiger partial charge on any atom is 0.177 e. The SMILES string of the molecule is CC1C=CC1.O=[PH2]O. The summed E-state index contributed by atoms with van der Waals surface area (Å²) in [5, 5.41) is 0. The molecule has 0 bridgehead atoms. The molecule has 1 aliphatic carbocycles. The Hall–Kier alpha value is -0.0700. The third kappa shape index (κ3) is 4.10. The van der Waals surface area contributed by atoms with E-state index in [-0.39, 0.29) is 0 Å². The lowest BCUT2D eigenvalue weighted by Gasteiger charge is -2.08. The van der Waals surface area contributed by atoms with Crippen LogP contribution in [0.3, 0.4) is 0 Å². The van der Waals surface area contributed by atoms with Crippen LogP contribution in [0.25, 0.3) is 0 Å². The first-order valence-electron chi connectivity index (χ1n) is 2.55. The van der Waals surface area contributed by atoms with E-state index in [1.54, 1.807) is 0 Å². The van der Waals surface area contributed by atoms with E-state index in [0.29, 0.717) is 0 Å². The highest BCUT2D eigenvalue weighted by atomic mass is 31.1. The Morgan fingerprint density at radius 1 is 1.88 bits per heavy atom. The van der Waals surface area contributed by atoms with Crippen LogP contribution >= 0.6 is 8.69 Å². The lowest BCUT2D eigenvalue weighted by Crippen LogP contribution is -1.93. The Labute approximate surface area is 50.5 Å². The van der Waals surface area contributed by atoms with Crippen LogP contribution in [0.5, 0.6) is 0 Å². The monoisotopic (exact) mass is 134 g/mol. The van der Waals surface area contributed by atoms with Gasteiger partial charge in [-0.05, 0) is 12.3 Å². The molecule has 48 valence electrons. The van der Waals surface area contributed by atoms with Gasteiger partial charge in [0.2, 0.25) is 0 Å². The summed E-state index contributed by atoms with van der Waals surface area (Å²) in [6.07, 6.45) is 5.73. The largest absolute Gasteiger partial charge is 0.348 e. The summed E-state index contributed by atoms with van der Waals surface area (Å²) in [6, 6.07) is 0. The van der Waals surface area contributed by atoms with Gasteiger partial charge in [0.05, 0.1) is 0 Å². The van der Waals surface area contributed by atoms with E-state index in [1.807, 2.05) is 0 Å². The van der Waals surface area contributed by atoms with Gasteiger partial charge in [0.15, 0.2) is 8.69 Å². The molecule has 0 amide bonds. The van der Waals surface area contributed by atoms with Crippen molar-refractivity contribution in [2.75, 3.05) is 0 Å². The Kier molecular flexibility index (Phi) is 5.03. The summed E-state index contributed by atoms with van der Waals surface area (Å²) >= 11 is 0. The predicted octanol–water partition coefficient (Wildman–Crippen LogP) is 1.23. The van der Waals surface area contributed by atoms with Gasteiger partial charge in [-0.25, -0.2) is 0 Å². The normalized spacial score (nSPS) is 24.5. The van der Waals surface area contributed by atoms with Crippen LogP contribution in [-0.4, -0.2) is 4.89 Å². The molecule has 0 fully saturated rings. The van der Waals surface area contributed by atoms with Crippen molar-refractivity contribution >= 4 is 8.69 Å². The molecule has 0 saturated carbocycles. The Bertz CT molecular complexity index is 90.4. The summed E-state index contributed by atoms with van der Waals surface area (Å²) in [7, 11) is -1.50. The van der Waals surface area contributed by atoms with E-state index in [2.05, 4.69) is 19.1 Å². The molecule has 1 aliphatic rings. The maximum absolute atomic E-state index is 8.57. The fourth-order valence-corrected chi connectivity index (χ4v) is 0.408. The van der Waals surface area contributed by atoms with Gasteiger partial charge in [0.1, 0.15) is 0 Å². The van der Waals surface area contributed by atoms with Crippen LogP contribution in [-0.2, 0) is 4.57 Å². The summed E-state index contributed by atoms with van der Waals surface area (Å²) in [6.45, 7) is 2.22. The molecule has 2 atom stereocenters. The molecule has 2 nitrogen and oxygen atoms in total. The number of hydrogen-bond donors (Lipinski definition) is 1. The molecule has 0 saturated heterocycles. The van der Waals surface area contributed by atoms with Crippen LogP contribution in [0.15, 0.2) is 12.2 Å². The van der Waals surface area contributed by atoms with Crippen molar-refractivity contribution < 1.29 is 9.46 Å². The fourth-order valence-electron chi connectivity index (χ4n) is 0.408. The lowest BCUT2D eigenvalue weighted by atomic mass is 9.98. The summed E-state index contributed by atoms with van der Waals surface area (Å²) in [5.41, 5.74) is 0. The molecule has 2 unspecified atom stereocenters. The summed E-state index contributed by atoms with van der Waals surface area (Å²) < 4.78 is 8.57. The molecular weight excluding hydrogens is 123 g/mol. The topological polar surface area (TPSA) is 37.3 Å². The molecule has 8 heavy (non-hydrogen) atoms. The van der Waals surface area contributed by atoms with Gasteiger partial charge in [0.25, 0.3) is 0 Å². The van der Waals surface area contributed by atoms with E-state index in [4.69, 9.17) is 9.46 Å². The molecule has 1 N–H and O–H groups in total. The first-order valence-corrected chi connectivity index (χ1v) is 3.54. The van der Waals surface area contributed by atoms with Crippen molar-refractivity contribution in [3.05, 3.63) is 12.2 Å². The van der Waals surface area contributed by atoms with Crippen molar-refractivity contribution in [3.8, 4) is 0 Å². The molecule has 0 aromatic carbocycles. The first-order chi connectivity index (χ1) is 3.81. The van der Waals surface area contributed by atoms with Gasteiger partial charge in [-0.15, -0.1) is 0 Å². The zero-order chi connectivity index (χ0) is 6.41. The second-order valence-electron chi connectivity index (χ2n) is 1.75. The second kappa shape index (κ2) is 5.07. The van der Waals surface area contributed by atoms with Gasteiger partial charge in [-0.3, -0.25) is 4.57 Å². The lowest BCUT2D eigenvalue weighted by molar-refractivity contribution is 0.524. The van der Waals surface area contributed by atoms with Crippen LogP contribution in [0.1, 0.15) is 13.3 Å². The maximum atomic E-state index is 8.57. The molecular formula is C5H11O2P. The molecule has 0 heterocycles. The zero-order valence-corrected chi connectivity index (χ0v) is 6.03. The Morgan fingerprint density at radius 2 is 2.12 bits per heavy atom. The highest BCUT2D eigenvalue weighted by Crippen LogP contribution is 2.13. The minimum atomic E-state index is -1.50. The van der Waals surface area contributed by atoms with Crippen molar-refractivity contribution in [1.82, 2.24) is 0 Å². The number of rotatable bonds is 0. The van der Waals surface area contributed by atoms with E-state index < -0.39 is 8.69 Å². The van der Waals surface area contributed by atoms with Crippen LogP contribution in [0.4, 0.5) is 0 Å². The third-order valence-electron chi connectivity index (χ3n) is 0.972. The minimum absolute atomic E-state index is 0.884. The Morgan fingerprint density at radius 3 is 2.12 bits per heavy atom. The zero-order valence-electron chi connectivity index (χ0n) is 4.87. The molecule has 0 radical (unpaired) electrons. The molecule has 0 aliphatic heterocycles. The van der Waals surface area contributed by atoms with Crippen molar-refractivity contribution in [2.24, 2.45) is 5.92 Å². The fraction of sp³-hybridized carbons (Fsp3) is 0.600. The van der Waals surface area contributed by atoms with Crippen molar-refractivity contribution in [2.45, 2.75) is 13.3 Å². The average molecular weight is 134 g/mol. The van der Waals surface area contributed by atoms with Gasteiger partial charge in [-0.1, -0.05) is 19.1 Å². The molecule has 0 aromatic heterocycles. The predicted molar refractivity (Wildman–Crippen MR) is 35.5 cm³/mol. The molecule has 1 rings (SSSR count). The number of allylic oxidation sites excluding steroid dienone is 2. The van der Waals surface area contributed by atoms with Gasteiger partial charge in [0, 0.05) is 0 Å². The third-order valence-corrected chi connectivity index (χ3v) is 0.972. The van der Waals surface area contributed by atoms with Gasteiger partial charge < -0.3 is 4.89 Å².